The molecule has 0 fully saturated rings. The van der Waals surface area contributed by atoms with Crippen LogP contribution in [0.4, 0.5) is 0 Å². The van der Waals surface area contributed by atoms with Crippen LogP contribution in [0.25, 0.3) is 0 Å². The van der Waals surface area contributed by atoms with Crippen molar-refractivity contribution in [2.24, 2.45) is 0 Å². The first-order valence-electron chi connectivity index (χ1n) is 6.96. The average Bonchev–Trinajstić information content (AvgIpc) is 2.58. The van der Waals surface area contributed by atoms with Crippen molar-refractivity contribution in [2.75, 3.05) is 0 Å². The summed E-state index contributed by atoms with van der Waals surface area (Å²) in [5.74, 6) is -0.816. The summed E-state index contributed by atoms with van der Waals surface area (Å²) in [6.07, 6.45) is -0.385. The lowest BCUT2D eigenvalue weighted by molar-refractivity contribution is 0.0158. The third kappa shape index (κ3) is 2.84. The summed E-state index contributed by atoms with van der Waals surface area (Å²) in [6.45, 7) is 2.95. The van der Waals surface area contributed by atoms with E-state index in [9.17, 15) is 30.0 Å². The number of hydrogen-bond donors (Lipinski definition) is 4. The smallest absolute Gasteiger partial charge is 0.154 e. The van der Waals surface area contributed by atoms with Crippen molar-refractivity contribution in [3.63, 3.8) is 0 Å². The summed E-state index contributed by atoms with van der Waals surface area (Å²) >= 11 is 0. The SMILES string of the molecule is Cc1ncc(C(O)C(O)c2cnc(C)c(O)c2C=O)c(C=O)c1O. The molecule has 0 saturated carbocycles. The minimum atomic E-state index is -1.67. The number of aliphatic hydroxyl groups is 2. The molecule has 0 aromatic carbocycles. The number of aryl methyl sites for hydroxylation is 2. The van der Waals surface area contributed by atoms with Crippen molar-refractivity contribution in [2.45, 2.75) is 26.1 Å². The lowest BCUT2D eigenvalue weighted by Gasteiger charge is -2.21. The van der Waals surface area contributed by atoms with Gasteiger partial charge in [-0.2, -0.15) is 0 Å². The summed E-state index contributed by atoms with van der Waals surface area (Å²) in [7, 11) is 0. The summed E-state index contributed by atoms with van der Waals surface area (Å²) in [4.78, 5) is 30.1. The van der Waals surface area contributed by atoms with Gasteiger partial charge >= 0.3 is 0 Å². The largest absolute Gasteiger partial charge is 0.505 e. The zero-order valence-corrected chi connectivity index (χ0v) is 13.0. The molecule has 0 saturated heterocycles. The Morgan fingerprint density at radius 2 is 1.17 bits per heavy atom. The molecule has 0 aliphatic rings. The summed E-state index contributed by atoms with van der Waals surface area (Å²) in [6, 6.07) is 0. The van der Waals surface area contributed by atoms with E-state index in [1.54, 1.807) is 0 Å². The van der Waals surface area contributed by atoms with Gasteiger partial charge in [0.05, 0.1) is 22.5 Å². The number of pyridine rings is 2. The van der Waals surface area contributed by atoms with Crippen molar-refractivity contribution < 1.29 is 30.0 Å². The van der Waals surface area contributed by atoms with Crippen LogP contribution in [0.1, 0.15) is 55.4 Å². The van der Waals surface area contributed by atoms with Crippen molar-refractivity contribution >= 4 is 12.6 Å². The molecule has 2 aromatic rings. The van der Waals surface area contributed by atoms with Gasteiger partial charge in [0.1, 0.15) is 23.7 Å². The van der Waals surface area contributed by atoms with E-state index in [1.165, 1.54) is 13.8 Å². The average molecular weight is 332 g/mol. The Hall–Kier alpha value is -2.84. The first-order chi connectivity index (χ1) is 11.3. The molecule has 0 aliphatic carbocycles. The third-order valence-corrected chi connectivity index (χ3v) is 3.78. The van der Waals surface area contributed by atoms with Crippen LogP contribution in [0, 0.1) is 13.8 Å². The number of hydrogen-bond acceptors (Lipinski definition) is 8. The quantitative estimate of drug-likeness (QED) is 0.592. The number of aromatic nitrogens is 2. The molecule has 4 N–H and O–H groups in total. The van der Waals surface area contributed by atoms with Crippen molar-refractivity contribution in [1.29, 1.82) is 0 Å². The van der Waals surface area contributed by atoms with E-state index in [0.29, 0.717) is 12.6 Å². The molecule has 0 spiro atoms. The highest BCUT2D eigenvalue weighted by Gasteiger charge is 2.28. The summed E-state index contributed by atoms with van der Waals surface area (Å²) in [5, 5.41) is 40.5. The molecular formula is C16H16N2O6. The van der Waals surface area contributed by atoms with Crippen LogP contribution in [-0.2, 0) is 0 Å². The molecule has 2 rings (SSSR count). The molecule has 0 aliphatic heterocycles. The predicted octanol–water partition coefficient (Wildman–Crippen LogP) is 0.897. The van der Waals surface area contributed by atoms with E-state index in [4.69, 9.17) is 0 Å². The number of carbonyl (C=O) groups excluding carboxylic acids is 2. The highest BCUT2D eigenvalue weighted by atomic mass is 16.3. The van der Waals surface area contributed by atoms with E-state index >= 15 is 0 Å². The molecule has 8 nitrogen and oxygen atoms in total. The Morgan fingerprint density at radius 3 is 1.46 bits per heavy atom. The van der Waals surface area contributed by atoms with Gasteiger partial charge in [0, 0.05) is 23.5 Å². The molecule has 2 aromatic heterocycles. The Bertz CT molecular complexity index is 738. The summed E-state index contributed by atoms with van der Waals surface area (Å²) < 4.78 is 0. The van der Waals surface area contributed by atoms with Gasteiger partial charge in [-0.15, -0.1) is 0 Å². The number of aromatic hydroxyl groups is 2. The van der Waals surface area contributed by atoms with Crippen molar-refractivity contribution in [3.8, 4) is 11.5 Å². The molecule has 24 heavy (non-hydrogen) atoms. The van der Waals surface area contributed by atoms with Crippen LogP contribution in [-0.4, -0.2) is 43.0 Å². The zero-order valence-electron chi connectivity index (χ0n) is 13.0. The van der Waals surface area contributed by atoms with Crippen molar-refractivity contribution in [3.05, 3.63) is 46.0 Å². The highest BCUT2D eigenvalue weighted by Crippen LogP contribution is 2.36. The van der Waals surface area contributed by atoms with Crippen molar-refractivity contribution in [1.82, 2.24) is 9.97 Å². The normalized spacial score (nSPS) is 13.3. The van der Waals surface area contributed by atoms with Gasteiger partial charge in [-0.25, -0.2) is 0 Å². The Morgan fingerprint density at radius 1 is 0.833 bits per heavy atom. The van der Waals surface area contributed by atoms with Gasteiger partial charge in [-0.05, 0) is 13.8 Å². The molecule has 2 heterocycles. The lowest BCUT2D eigenvalue weighted by Crippen LogP contribution is -2.15. The first-order valence-corrected chi connectivity index (χ1v) is 6.96. The predicted molar refractivity (Wildman–Crippen MR) is 82.0 cm³/mol. The maximum atomic E-state index is 11.2. The van der Waals surface area contributed by atoms with E-state index in [2.05, 4.69) is 9.97 Å². The van der Waals surface area contributed by atoms with Gasteiger partial charge in [-0.3, -0.25) is 19.6 Å². The third-order valence-electron chi connectivity index (χ3n) is 3.78. The standard InChI is InChI=1S/C16H16N2O6/c1-7-13(21)11(5-19)9(3-17-7)15(23)16(24)10-4-18-8(2)14(22)12(10)6-20/h3-6,15-16,21-24H,1-2H3. The van der Waals surface area contributed by atoms with Gasteiger partial charge in [0.15, 0.2) is 12.6 Å². The second-order valence-electron chi connectivity index (χ2n) is 5.25. The number of aliphatic hydroxyl groups excluding tert-OH is 2. The maximum absolute atomic E-state index is 11.2. The van der Waals surface area contributed by atoms with Crippen LogP contribution in [0.3, 0.4) is 0 Å². The second kappa shape index (κ2) is 6.73. The van der Waals surface area contributed by atoms with Gasteiger partial charge in [0.2, 0.25) is 0 Å². The Balaban J connectivity index is 2.54. The van der Waals surface area contributed by atoms with Gasteiger partial charge in [0.25, 0.3) is 0 Å². The van der Waals surface area contributed by atoms with Gasteiger partial charge < -0.3 is 20.4 Å². The van der Waals surface area contributed by atoms with E-state index in [0.717, 1.165) is 12.4 Å². The fraction of sp³-hybridized carbons (Fsp3) is 0.250. The van der Waals surface area contributed by atoms with Crippen LogP contribution >= 0.6 is 0 Å². The topological polar surface area (TPSA) is 141 Å². The number of carbonyl (C=O) groups is 2. The monoisotopic (exact) mass is 332 g/mol. The molecule has 0 bridgehead atoms. The zero-order chi connectivity index (χ0) is 18.0. The minimum Gasteiger partial charge on any atom is -0.505 e. The van der Waals surface area contributed by atoms with E-state index in [1.807, 2.05) is 0 Å². The summed E-state index contributed by atoms with van der Waals surface area (Å²) in [5.41, 5.74) is -0.288. The van der Waals surface area contributed by atoms with E-state index < -0.39 is 23.7 Å². The highest BCUT2D eigenvalue weighted by molar-refractivity contribution is 5.83. The van der Waals surface area contributed by atoms with Crippen LogP contribution < -0.4 is 0 Å². The number of rotatable bonds is 5. The fourth-order valence-electron chi connectivity index (χ4n) is 2.32. The molecular weight excluding hydrogens is 316 g/mol. The fourth-order valence-corrected chi connectivity index (χ4v) is 2.32. The maximum Gasteiger partial charge on any atom is 0.154 e. The molecule has 2 atom stereocenters. The van der Waals surface area contributed by atoms with E-state index in [-0.39, 0.29) is 33.6 Å². The van der Waals surface area contributed by atoms with Crippen LogP contribution in [0.15, 0.2) is 12.4 Å². The van der Waals surface area contributed by atoms with Crippen LogP contribution in [0.5, 0.6) is 11.5 Å². The molecule has 0 amide bonds. The molecule has 8 heteroatoms. The van der Waals surface area contributed by atoms with Crippen LogP contribution in [0.2, 0.25) is 0 Å². The minimum absolute atomic E-state index is 0.113. The Kier molecular flexibility index (Phi) is 4.91. The molecule has 0 radical (unpaired) electrons. The Labute approximate surface area is 137 Å². The molecule has 2 unspecified atom stereocenters. The molecule has 126 valence electrons. The first kappa shape index (κ1) is 17.5. The lowest BCUT2D eigenvalue weighted by atomic mass is 9.93. The number of nitrogens with zero attached hydrogens (tertiary/aromatic N) is 2. The second-order valence-corrected chi connectivity index (χ2v) is 5.25. The number of aldehydes is 2. The van der Waals surface area contributed by atoms with Gasteiger partial charge in [-0.1, -0.05) is 0 Å².